The number of hydrogen-bond acceptors (Lipinski definition) is 3. The van der Waals surface area contributed by atoms with Crippen LogP contribution in [0.3, 0.4) is 0 Å². The molecule has 3 heteroatoms. The number of carbonyl (C=O) groups is 1. The average Bonchev–Trinajstić information content (AvgIpc) is 2.92. The summed E-state index contributed by atoms with van der Waals surface area (Å²) < 4.78 is 10.5. The molecule has 1 aromatic heterocycles. The lowest BCUT2D eigenvalue weighted by molar-refractivity contribution is -0.142. The molecular weight excluding hydrogens is 264 g/mol. The fourth-order valence-corrected chi connectivity index (χ4v) is 2.38. The second kappa shape index (κ2) is 5.83. The number of hydrogen-bond donors (Lipinski definition) is 0. The van der Waals surface area contributed by atoms with Crippen molar-refractivity contribution < 1.29 is 13.9 Å². The summed E-state index contributed by atoms with van der Waals surface area (Å²) in [6.45, 7) is 2.23. The Morgan fingerprint density at radius 1 is 1.10 bits per heavy atom. The minimum absolute atomic E-state index is 0.195. The average molecular weight is 280 g/mol. The Hall–Kier alpha value is -2.55. The first-order valence-electron chi connectivity index (χ1n) is 6.99. The molecular formula is C18H16O3. The molecule has 0 aliphatic heterocycles. The zero-order valence-corrected chi connectivity index (χ0v) is 11.8. The predicted molar refractivity (Wildman–Crippen MR) is 82.0 cm³/mol. The Labute approximate surface area is 123 Å². The fraction of sp³-hybridized carbons (Fsp3) is 0.167. The maximum Gasteiger partial charge on any atom is 0.310 e. The van der Waals surface area contributed by atoms with Crippen molar-refractivity contribution in [1.29, 1.82) is 0 Å². The molecule has 0 atom stereocenters. The lowest BCUT2D eigenvalue weighted by Crippen LogP contribution is -2.07. The normalized spacial score (nSPS) is 10.7. The van der Waals surface area contributed by atoms with E-state index in [1.807, 2.05) is 55.5 Å². The maximum absolute atomic E-state index is 11.5. The summed E-state index contributed by atoms with van der Waals surface area (Å²) in [6.07, 6.45) is 2.07. The Kier molecular flexibility index (Phi) is 3.73. The van der Waals surface area contributed by atoms with E-state index >= 15 is 0 Å². The first-order chi connectivity index (χ1) is 10.3. The highest BCUT2D eigenvalue weighted by molar-refractivity contribution is 5.93. The van der Waals surface area contributed by atoms with Crippen molar-refractivity contribution in [2.24, 2.45) is 0 Å². The second-order valence-corrected chi connectivity index (χ2v) is 4.82. The van der Waals surface area contributed by atoms with Crippen LogP contribution in [0.4, 0.5) is 0 Å². The van der Waals surface area contributed by atoms with Gasteiger partial charge in [-0.2, -0.15) is 0 Å². The molecule has 106 valence electrons. The first-order valence-corrected chi connectivity index (χ1v) is 6.99. The minimum atomic E-state index is -0.195. The van der Waals surface area contributed by atoms with Gasteiger partial charge in [-0.05, 0) is 24.1 Å². The Balaban J connectivity index is 1.85. The fourth-order valence-electron chi connectivity index (χ4n) is 2.38. The molecule has 0 aliphatic rings. The number of carbonyl (C=O) groups excluding carboxylic acids is 1. The highest BCUT2D eigenvalue weighted by Crippen LogP contribution is 2.30. The lowest BCUT2D eigenvalue weighted by Gasteiger charge is -2.03. The molecule has 0 radical (unpaired) electrons. The molecule has 0 aliphatic carbocycles. The monoisotopic (exact) mass is 280 g/mol. The van der Waals surface area contributed by atoms with E-state index < -0.39 is 0 Å². The van der Waals surface area contributed by atoms with Gasteiger partial charge in [0.05, 0.1) is 19.3 Å². The third-order valence-corrected chi connectivity index (χ3v) is 3.40. The summed E-state index contributed by atoms with van der Waals surface area (Å²) >= 11 is 0. The van der Waals surface area contributed by atoms with Gasteiger partial charge in [-0.15, -0.1) is 0 Å². The van der Waals surface area contributed by atoms with Gasteiger partial charge in [0.1, 0.15) is 5.58 Å². The molecule has 0 spiro atoms. The van der Waals surface area contributed by atoms with Crippen molar-refractivity contribution in [3.05, 3.63) is 60.4 Å². The number of benzene rings is 2. The standard InChI is InChI=1S/C18H16O3/c1-2-20-18(19)11-13-7-9-14(10-8-13)16-12-21-17-6-4-3-5-15(16)17/h3-10,12H,2,11H2,1H3. The molecule has 3 nitrogen and oxygen atoms in total. The van der Waals surface area contributed by atoms with Crippen LogP contribution in [0.2, 0.25) is 0 Å². The summed E-state index contributed by atoms with van der Waals surface area (Å²) in [6, 6.07) is 15.9. The number of para-hydroxylation sites is 1. The molecule has 0 saturated carbocycles. The van der Waals surface area contributed by atoms with E-state index in [-0.39, 0.29) is 5.97 Å². The van der Waals surface area contributed by atoms with Gasteiger partial charge in [0, 0.05) is 10.9 Å². The maximum atomic E-state index is 11.5. The third kappa shape index (κ3) is 2.82. The number of rotatable bonds is 4. The Bertz CT molecular complexity index is 753. The summed E-state index contributed by atoms with van der Waals surface area (Å²) in [7, 11) is 0. The molecule has 0 unspecified atom stereocenters. The van der Waals surface area contributed by atoms with Crippen LogP contribution >= 0.6 is 0 Å². The largest absolute Gasteiger partial charge is 0.466 e. The molecule has 2 aromatic carbocycles. The molecule has 0 amide bonds. The quantitative estimate of drug-likeness (QED) is 0.672. The van der Waals surface area contributed by atoms with E-state index in [1.54, 1.807) is 6.26 Å². The number of furan rings is 1. The molecule has 0 fully saturated rings. The van der Waals surface area contributed by atoms with Gasteiger partial charge in [-0.3, -0.25) is 4.79 Å². The minimum Gasteiger partial charge on any atom is -0.466 e. The van der Waals surface area contributed by atoms with Crippen LogP contribution in [0.25, 0.3) is 22.1 Å². The molecule has 0 bridgehead atoms. The molecule has 0 saturated heterocycles. The van der Waals surface area contributed by atoms with Gasteiger partial charge < -0.3 is 9.15 Å². The van der Waals surface area contributed by atoms with Crippen molar-refractivity contribution in [2.45, 2.75) is 13.3 Å². The molecule has 1 heterocycles. The van der Waals surface area contributed by atoms with Crippen molar-refractivity contribution in [1.82, 2.24) is 0 Å². The number of esters is 1. The van der Waals surface area contributed by atoms with Crippen LogP contribution in [0.5, 0.6) is 0 Å². The van der Waals surface area contributed by atoms with E-state index in [4.69, 9.17) is 9.15 Å². The Morgan fingerprint density at radius 2 is 1.86 bits per heavy atom. The molecule has 0 N–H and O–H groups in total. The topological polar surface area (TPSA) is 39.4 Å². The number of ether oxygens (including phenoxy) is 1. The van der Waals surface area contributed by atoms with Crippen molar-refractivity contribution in [3.63, 3.8) is 0 Å². The smallest absolute Gasteiger partial charge is 0.310 e. The highest BCUT2D eigenvalue weighted by atomic mass is 16.5. The lowest BCUT2D eigenvalue weighted by atomic mass is 10.0. The van der Waals surface area contributed by atoms with Crippen LogP contribution in [-0.4, -0.2) is 12.6 Å². The van der Waals surface area contributed by atoms with E-state index in [0.717, 1.165) is 27.7 Å². The van der Waals surface area contributed by atoms with Gasteiger partial charge in [-0.25, -0.2) is 0 Å². The summed E-state index contributed by atoms with van der Waals surface area (Å²) in [5.74, 6) is -0.195. The number of fused-ring (bicyclic) bond motifs is 1. The van der Waals surface area contributed by atoms with Crippen LogP contribution in [0.1, 0.15) is 12.5 Å². The molecule has 3 aromatic rings. The molecule has 21 heavy (non-hydrogen) atoms. The SMILES string of the molecule is CCOC(=O)Cc1ccc(-c2coc3ccccc23)cc1. The zero-order valence-electron chi connectivity index (χ0n) is 11.8. The van der Waals surface area contributed by atoms with Gasteiger partial charge in [-0.1, -0.05) is 42.5 Å². The van der Waals surface area contributed by atoms with Crippen LogP contribution in [0.15, 0.2) is 59.2 Å². The van der Waals surface area contributed by atoms with Crippen molar-refractivity contribution in [3.8, 4) is 11.1 Å². The second-order valence-electron chi connectivity index (χ2n) is 4.82. The third-order valence-electron chi connectivity index (χ3n) is 3.40. The van der Waals surface area contributed by atoms with E-state index in [0.29, 0.717) is 13.0 Å². The molecule has 3 rings (SSSR count). The van der Waals surface area contributed by atoms with Crippen molar-refractivity contribution >= 4 is 16.9 Å². The van der Waals surface area contributed by atoms with Gasteiger partial charge in [0.15, 0.2) is 0 Å². The first kappa shape index (κ1) is 13.4. The van der Waals surface area contributed by atoms with Gasteiger partial charge in [0.25, 0.3) is 0 Å². The van der Waals surface area contributed by atoms with Gasteiger partial charge >= 0.3 is 5.97 Å². The zero-order chi connectivity index (χ0) is 14.7. The van der Waals surface area contributed by atoms with E-state index in [2.05, 4.69) is 0 Å². The van der Waals surface area contributed by atoms with Crippen LogP contribution in [0, 0.1) is 0 Å². The highest BCUT2D eigenvalue weighted by Gasteiger charge is 2.08. The predicted octanol–water partition coefficient (Wildman–Crippen LogP) is 4.21. The summed E-state index contributed by atoms with van der Waals surface area (Å²) in [4.78, 5) is 11.5. The van der Waals surface area contributed by atoms with E-state index in [1.165, 1.54) is 0 Å². The Morgan fingerprint density at radius 3 is 2.62 bits per heavy atom. The van der Waals surface area contributed by atoms with Gasteiger partial charge in [0.2, 0.25) is 0 Å². The summed E-state index contributed by atoms with van der Waals surface area (Å²) in [5.41, 5.74) is 3.97. The summed E-state index contributed by atoms with van der Waals surface area (Å²) in [5, 5.41) is 1.09. The van der Waals surface area contributed by atoms with Crippen LogP contribution in [-0.2, 0) is 16.0 Å². The van der Waals surface area contributed by atoms with Crippen LogP contribution < -0.4 is 0 Å². The van der Waals surface area contributed by atoms with E-state index in [9.17, 15) is 4.79 Å². The van der Waals surface area contributed by atoms with Crippen molar-refractivity contribution in [2.75, 3.05) is 6.61 Å².